The van der Waals surface area contributed by atoms with Crippen molar-refractivity contribution in [2.75, 3.05) is 17.6 Å². The molecule has 180 valence electrons. The fourth-order valence-electron chi connectivity index (χ4n) is 3.11. The summed E-state index contributed by atoms with van der Waals surface area (Å²) in [7, 11) is 0. The molecule has 2 amide bonds. The highest BCUT2D eigenvalue weighted by Crippen LogP contribution is 2.29. The molecule has 2 aromatic heterocycles. The van der Waals surface area contributed by atoms with Crippen LogP contribution >= 0.6 is 11.8 Å². The lowest BCUT2D eigenvalue weighted by molar-refractivity contribution is -0.137. The first-order chi connectivity index (χ1) is 16.8. The first-order valence-corrected chi connectivity index (χ1v) is 11.4. The number of carbonyl (C=O) groups excluding carboxylic acids is 2. The number of nitrogens with one attached hydrogen (secondary N) is 2. The van der Waals surface area contributed by atoms with Gasteiger partial charge in [-0.15, -0.1) is 10.2 Å². The summed E-state index contributed by atoms with van der Waals surface area (Å²) in [6, 6.07) is 16.5. The fraction of sp³-hybridized carbons (Fsp3) is 0.174. The van der Waals surface area contributed by atoms with Crippen LogP contribution in [-0.2, 0) is 17.4 Å². The van der Waals surface area contributed by atoms with Gasteiger partial charge in [-0.05, 0) is 48.5 Å². The molecule has 0 aliphatic rings. The number of carbonyl (C=O) groups is 2. The van der Waals surface area contributed by atoms with Crippen molar-refractivity contribution in [3.05, 3.63) is 83.7 Å². The molecule has 35 heavy (non-hydrogen) atoms. The van der Waals surface area contributed by atoms with E-state index >= 15 is 0 Å². The molecule has 0 fully saturated rings. The number of anilines is 1. The first-order valence-electron chi connectivity index (χ1n) is 10.4. The van der Waals surface area contributed by atoms with Gasteiger partial charge in [-0.1, -0.05) is 30.0 Å². The van der Waals surface area contributed by atoms with Gasteiger partial charge in [-0.2, -0.15) is 22.8 Å². The maximum absolute atomic E-state index is 12.7. The molecule has 0 radical (unpaired) electrons. The van der Waals surface area contributed by atoms with Gasteiger partial charge in [0.15, 0.2) is 11.5 Å². The lowest BCUT2D eigenvalue weighted by Crippen LogP contribution is -2.26. The summed E-state index contributed by atoms with van der Waals surface area (Å²) in [4.78, 5) is 24.4. The first kappa shape index (κ1) is 24.2. The Labute approximate surface area is 201 Å². The van der Waals surface area contributed by atoms with E-state index in [1.165, 1.54) is 12.1 Å². The van der Waals surface area contributed by atoms with Gasteiger partial charge >= 0.3 is 6.18 Å². The van der Waals surface area contributed by atoms with Crippen LogP contribution in [0.2, 0.25) is 0 Å². The molecule has 2 aromatic carbocycles. The quantitative estimate of drug-likeness (QED) is 0.357. The molecule has 0 saturated heterocycles. The average molecular weight is 501 g/mol. The number of hydrogen-bond donors (Lipinski definition) is 2. The molecule has 4 rings (SSSR count). The lowest BCUT2D eigenvalue weighted by atomic mass is 10.2. The highest BCUT2D eigenvalue weighted by atomic mass is 32.2. The second-order valence-corrected chi connectivity index (χ2v) is 8.34. The second-order valence-electron chi connectivity index (χ2n) is 7.34. The monoisotopic (exact) mass is 500 g/mol. The minimum Gasteiger partial charge on any atom is -0.352 e. The number of alkyl halides is 3. The van der Waals surface area contributed by atoms with Gasteiger partial charge in [0.2, 0.25) is 5.91 Å². The van der Waals surface area contributed by atoms with Crippen molar-refractivity contribution in [2.45, 2.75) is 17.6 Å². The van der Waals surface area contributed by atoms with Gasteiger partial charge in [0, 0.05) is 24.2 Å². The van der Waals surface area contributed by atoms with E-state index in [4.69, 9.17) is 0 Å². The largest absolute Gasteiger partial charge is 0.416 e. The van der Waals surface area contributed by atoms with Crippen molar-refractivity contribution in [3.8, 4) is 0 Å². The molecular formula is C23H19F3N6O2S. The van der Waals surface area contributed by atoms with Gasteiger partial charge in [0.1, 0.15) is 5.03 Å². The van der Waals surface area contributed by atoms with Crippen LogP contribution in [0.4, 0.5) is 18.9 Å². The van der Waals surface area contributed by atoms with Crippen LogP contribution in [0.25, 0.3) is 5.65 Å². The molecule has 12 heteroatoms. The predicted molar refractivity (Wildman–Crippen MR) is 124 cm³/mol. The van der Waals surface area contributed by atoms with E-state index in [-0.39, 0.29) is 23.3 Å². The van der Waals surface area contributed by atoms with Gasteiger partial charge in [0.25, 0.3) is 5.91 Å². The van der Waals surface area contributed by atoms with Crippen molar-refractivity contribution in [1.29, 1.82) is 0 Å². The minimum atomic E-state index is -4.43. The molecule has 8 nitrogen and oxygen atoms in total. The smallest absolute Gasteiger partial charge is 0.352 e. The second kappa shape index (κ2) is 10.6. The molecule has 2 N–H and O–H groups in total. The van der Waals surface area contributed by atoms with Crippen molar-refractivity contribution in [2.24, 2.45) is 0 Å². The number of hydrogen-bond acceptors (Lipinski definition) is 6. The zero-order valence-electron chi connectivity index (χ0n) is 18.1. The Morgan fingerprint density at radius 3 is 2.40 bits per heavy atom. The molecule has 0 aliphatic carbocycles. The van der Waals surface area contributed by atoms with E-state index in [1.807, 2.05) is 6.07 Å². The molecule has 0 bridgehead atoms. The minimum absolute atomic E-state index is 0.00409. The average Bonchev–Trinajstić information content (AvgIpc) is 3.25. The normalized spacial score (nSPS) is 11.4. The van der Waals surface area contributed by atoms with Crippen LogP contribution in [-0.4, -0.2) is 43.9 Å². The zero-order chi connectivity index (χ0) is 24.8. The van der Waals surface area contributed by atoms with Gasteiger partial charge in [-0.25, -0.2) is 0 Å². The number of aromatic nitrogens is 4. The summed E-state index contributed by atoms with van der Waals surface area (Å²) in [6.07, 6.45) is -4.04. The van der Waals surface area contributed by atoms with Gasteiger partial charge in [0.05, 0.1) is 11.3 Å². The summed E-state index contributed by atoms with van der Waals surface area (Å²) >= 11 is 1.16. The van der Waals surface area contributed by atoms with Crippen molar-refractivity contribution in [3.63, 3.8) is 0 Å². The highest BCUT2D eigenvalue weighted by molar-refractivity contribution is 7.99. The third kappa shape index (κ3) is 6.35. The van der Waals surface area contributed by atoms with Crippen LogP contribution in [0.5, 0.6) is 0 Å². The van der Waals surface area contributed by atoms with E-state index in [9.17, 15) is 22.8 Å². The standard InChI is InChI=1S/C23H19F3N6O2S/c24-23(25,26)16-6-8-17(9-7-16)28-20(33)14-35-21-11-10-18-29-30-19(32(18)31-21)12-13-27-22(34)15-4-2-1-3-5-15/h1-11H,12-14H2,(H,27,34)(H,28,33). The number of rotatable bonds is 8. The summed E-state index contributed by atoms with van der Waals surface area (Å²) in [5.74, 6) is -0.0265. The fourth-order valence-corrected chi connectivity index (χ4v) is 3.76. The molecule has 0 spiro atoms. The Morgan fingerprint density at radius 1 is 0.943 bits per heavy atom. The van der Waals surface area contributed by atoms with Gasteiger partial charge < -0.3 is 10.6 Å². The number of amides is 2. The Hall–Kier alpha value is -3.93. The number of benzene rings is 2. The predicted octanol–water partition coefficient (Wildman–Crippen LogP) is 3.85. The van der Waals surface area contributed by atoms with E-state index in [0.717, 1.165) is 23.9 Å². The van der Waals surface area contributed by atoms with Crippen molar-refractivity contribution in [1.82, 2.24) is 25.1 Å². The van der Waals surface area contributed by atoms with Gasteiger partial charge in [-0.3, -0.25) is 9.59 Å². The summed E-state index contributed by atoms with van der Waals surface area (Å²) < 4.78 is 39.5. The summed E-state index contributed by atoms with van der Waals surface area (Å²) in [5, 5.41) is 18.5. The Bertz CT molecular complexity index is 1330. The molecule has 0 aliphatic heterocycles. The van der Waals surface area contributed by atoms with E-state index in [0.29, 0.717) is 35.0 Å². The van der Waals surface area contributed by atoms with Crippen molar-refractivity contribution < 1.29 is 22.8 Å². The van der Waals surface area contributed by atoms with E-state index < -0.39 is 11.7 Å². The van der Waals surface area contributed by atoms with Crippen LogP contribution in [0.3, 0.4) is 0 Å². The SMILES string of the molecule is O=C(CSc1ccc2nnc(CCNC(=O)c3ccccc3)n2n1)Nc1ccc(C(F)(F)F)cc1. The molecule has 0 unspecified atom stereocenters. The van der Waals surface area contributed by atoms with Crippen molar-refractivity contribution >= 4 is 34.9 Å². The third-order valence-corrected chi connectivity index (χ3v) is 5.74. The van der Waals surface area contributed by atoms with Crippen LogP contribution in [0.1, 0.15) is 21.7 Å². The maximum atomic E-state index is 12.7. The molecule has 0 saturated carbocycles. The lowest BCUT2D eigenvalue weighted by Gasteiger charge is -2.09. The molecule has 2 heterocycles. The highest BCUT2D eigenvalue weighted by Gasteiger charge is 2.30. The number of fused-ring (bicyclic) bond motifs is 1. The Morgan fingerprint density at radius 2 is 1.69 bits per heavy atom. The van der Waals surface area contributed by atoms with Crippen LogP contribution in [0.15, 0.2) is 71.8 Å². The summed E-state index contributed by atoms with van der Waals surface area (Å²) in [5.41, 5.74) is 0.565. The zero-order valence-corrected chi connectivity index (χ0v) is 18.9. The summed E-state index contributed by atoms with van der Waals surface area (Å²) in [6.45, 7) is 0.336. The van der Waals surface area contributed by atoms with Crippen LogP contribution < -0.4 is 10.6 Å². The number of nitrogens with zero attached hydrogens (tertiary/aromatic N) is 4. The Balaban J connectivity index is 1.31. The molecule has 4 aromatic rings. The number of thioether (sulfide) groups is 1. The third-order valence-electron chi connectivity index (χ3n) is 4.82. The molecular weight excluding hydrogens is 481 g/mol. The maximum Gasteiger partial charge on any atom is 0.416 e. The number of halogens is 3. The van der Waals surface area contributed by atoms with E-state index in [2.05, 4.69) is 25.9 Å². The van der Waals surface area contributed by atoms with E-state index in [1.54, 1.807) is 40.9 Å². The molecule has 0 atom stereocenters. The topological polar surface area (TPSA) is 101 Å². The van der Waals surface area contributed by atoms with Crippen LogP contribution in [0, 0.1) is 0 Å². The Kier molecular flexibility index (Phi) is 7.30.